The highest BCUT2D eigenvalue weighted by atomic mass is 28.4. The van der Waals surface area contributed by atoms with Crippen molar-refractivity contribution >= 4 is 8.56 Å². The Kier molecular flexibility index (Phi) is 4.22. The van der Waals surface area contributed by atoms with E-state index in [4.69, 9.17) is 8.85 Å². The van der Waals surface area contributed by atoms with E-state index in [0.29, 0.717) is 0 Å². The van der Waals surface area contributed by atoms with E-state index in [-0.39, 0.29) is 6.04 Å². The van der Waals surface area contributed by atoms with Crippen molar-refractivity contribution in [2.24, 2.45) is 0 Å². The van der Waals surface area contributed by atoms with Crippen LogP contribution in [0.4, 0.5) is 13.2 Å². The minimum absolute atomic E-state index is 0.0521. The molecule has 0 saturated heterocycles. The van der Waals surface area contributed by atoms with Crippen molar-refractivity contribution in [3.8, 4) is 0 Å². The fourth-order valence-electron chi connectivity index (χ4n) is 0.656. The van der Waals surface area contributed by atoms with Gasteiger partial charge in [-0.05, 0) is 12.6 Å². The first-order valence-electron chi connectivity index (χ1n) is 3.50. The predicted molar refractivity (Wildman–Crippen MR) is 41.1 cm³/mol. The van der Waals surface area contributed by atoms with E-state index in [2.05, 4.69) is 0 Å². The summed E-state index contributed by atoms with van der Waals surface area (Å²) in [4.78, 5) is 0. The quantitative estimate of drug-likeness (QED) is 0.651. The van der Waals surface area contributed by atoms with Gasteiger partial charge in [0.2, 0.25) is 0 Å². The Labute approximate surface area is 70.9 Å². The number of hydrogen-bond donors (Lipinski definition) is 0. The van der Waals surface area contributed by atoms with E-state index in [9.17, 15) is 13.2 Å². The SMILES string of the molecule is CO[Si](C)(CCC(F)(F)F)OC. The maximum absolute atomic E-state index is 11.8. The average Bonchev–Trinajstić information content (AvgIpc) is 1.99. The van der Waals surface area contributed by atoms with Crippen molar-refractivity contribution in [3.63, 3.8) is 0 Å². The zero-order chi connectivity index (χ0) is 9.83. The van der Waals surface area contributed by atoms with Crippen LogP contribution < -0.4 is 0 Å². The van der Waals surface area contributed by atoms with Gasteiger partial charge in [-0.25, -0.2) is 0 Å². The second kappa shape index (κ2) is 4.24. The summed E-state index contributed by atoms with van der Waals surface area (Å²) >= 11 is 0. The fraction of sp³-hybridized carbons (Fsp3) is 1.00. The van der Waals surface area contributed by atoms with Crippen LogP contribution in [0.1, 0.15) is 6.42 Å². The van der Waals surface area contributed by atoms with Crippen molar-refractivity contribution in [1.82, 2.24) is 0 Å². The maximum Gasteiger partial charge on any atom is 0.389 e. The largest absolute Gasteiger partial charge is 0.398 e. The molecule has 0 heterocycles. The van der Waals surface area contributed by atoms with Gasteiger partial charge in [-0.3, -0.25) is 0 Å². The van der Waals surface area contributed by atoms with Gasteiger partial charge in [0.15, 0.2) is 0 Å². The number of rotatable bonds is 4. The van der Waals surface area contributed by atoms with E-state index in [1.165, 1.54) is 14.2 Å². The summed E-state index contributed by atoms with van der Waals surface area (Å²) in [5.74, 6) is 0. The molecule has 0 radical (unpaired) electrons. The summed E-state index contributed by atoms with van der Waals surface area (Å²) in [6.45, 7) is 1.61. The van der Waals surface area contributed by atoms with E-state index >= 15 is 0 Å². The van der Waals surface area contributed by atoms with Crippen LogP contribution >= 0.6 is 0 Å². The first-order chi connectivity index (χ1) is 5.33. The summed E-state index contributed by atoms with van der Waals surface area (Å²) in [6, 6.07) is -0.0521. The third kappa shape index (κ3) is 4.73. The lowest BCUT2D eigenvalue weighted by Gasteiger charge is -2.22. The van der Waals surface area contributed by atoms with Gasteiger partial charge in [0, 0.05) is 20.6 Å². The summed E-state index contributed by atoms with van der Waals surface area (Å²) in [5, 5.41) is 0. The summed E-state index contributed by atoms with van der Waals surface area (Å²) in [6.07, 6.45) is -4.96. The van der Waals surface area contributed by atoms with Gasteiger partial charge in [-0.15, -0.1) is 0 Å². The Bertz CT molecular complexity index is 133. The Morgan fingerprint density at radius 1 is 1.17 bits per heavy atom. The molecule has 0 aromatic rings. The number of alkyl halides is 3. The number of halogens is 3. The monoisotopic (exact) mass is 202 g/mol. The van der Waals surface area contributed by atoms with Crippen LogP contribution in [0, 0.1) is 0 Å². The Morgan fingerprint density at radius 3 is 1.83 bits per heavy atom. The first kappa shape index (κ1) is 11.9. The molecule has 0 aliphatic rings. The van der Waals surface area contributed by atoms with Crippen LogP contribution in [0.15, 0.2) is 0 Å². The molecule has 0 aromatic heterocycles. The van der Waals surface area contributed by atoms with E-state index in [1.54, 1.807) is 6.55 Å². The van der Waals surface area contributed by atoms with Crippen molar-refractivity contribution < 1.29 is 22.0 Å². The Morgan fingerprint density at radius 2 is 1.58 bits per heavy atom. The third-order valence-electron chi connectivity index (χ3n) is 1.73. The molecule has 6 heteroatoms. The highest BCUT2D eigenvalue weighted by molar-refractivity contribution is 6.65. The molecule has 0 spiro atoms. The van der Waals surface area contributed by atoms with Gasteiger partial charge in [0.25, 0.3) is 0 Å². The number of hydrogen-bond acceptors (Lipinski definition) is 2. The lowest BCUT2D eigenvalue weighted by Crippen LogP contribution is -2.37. The molecule has 0 aliphatic heterocycles. The van der Waals surface area contributed by atoms with Gasteiger partial charge in [-0.2, -0.15) is 13.2 Å². The molecular formula is C6H13F3O2Si. The fourth-order valence-corrected chi connectivity index (χ4v) is 1.97. The molecule has 74 valence electrons. The maximum atomic E-state index is 11.8. The second-order valence-electron chi connectivity index (χ2n) is 2.66. The molecule has 0 fully saturated rings. The van der Waals surface area contributed by atoms with Crippen LogP contribution in [0.2, 0.25) is 12.6 Å². The van der Waals surface area contributed by atoms with Gasteiger partial charge in [0.1, 0.15) is 0 Å². The summed E-state index contributed by atoms with van der Waals surface area (Å²) < 4.78 is 45.1. The zero-order valence-electron chi connectivity index (χ0n) is 7.36. The summed E-state index contributed by atoms with van der Waals surface area (Å²) in [5.41, 5.74) is 0. The van der Waals surface area contributed by atoms with Crippen LogP contribution in [-0.4, -0.2) is 29.0 Å². The Balaban J connectivity index is 3.89. The van der Waals surface area contributed by atoms with Crippen LogP contribution in [0.25, 0.3) is 0 Å². The molecule has 0 saturated carbocycles. The topological polar surface area (TPSA) is 18.5 Å². The van der Waals surface area contributed by atoms with Crippen molar-refractivity contribution in [2.75, 3.05) is 14.2 Å². The molecule has 12 heavy (non-hydrogen) atoms. The molecule has 0 amide bonds. The molecule has 0 unspecified atom stereocenters. The van der Waals surface area contributed by atoms with E-state index in [1.807, 2.05) is 0 Å². The average molecular weight is 202 g/mol. The smallest absolute Gasteiger partial charge is 0.389 e. The molecule has 0 aliphatic carbocycles. The lowest BCUT2D eigenvalue weighted by molar-refractivity contribution is -0.131. The molecule has 2 nitrogen and oxygen atoms in total. The van der Waals surface area contributed by atoms with Crippen LogP contribution in [0.5, 0.6) is 0 Å². The minimum Gasteiger partial charge on any atom is -0.398 e. The standard InChI is InChI=1S/C6H13F3O2Si/c1-10-12(3,11-2)5-4-6(7,8)9/h4-5H2,1-3H3. The van der Waals surface area contributed by atoms with Crippen LogP contribution in [-0.2, 0) is 8.85 Å². The third-order valence-corrected chi connectivity index (χ3v) is 4.61. The van der Waals surface area contributed by atoms with Crippen molar-refractivity contribution in [1.29, 1.82) is 0 Å². The molecule has 0 atom stereocenters. The van der Waals surface area contributed by atoms with E-state index in [0.717, 1.165) is 0 Å². The lowest BCUT2D eigenvalue weighted by atomic mass is 10.5. The zero-order valence-corrected chi connectivity index (χ0v) is 8.36. The minimum atomic E-state index is -4.12. The molecule has 0 rings (SSSR count). The van der Waals surface area contributed by atoms with Gasteiger partial charge >= 0.3 is 14.7 Å². The molecule has 0 bridgehead atoms. The van der Waals surface area contributed by atoms with Gasteiger partial charge < -0.3 is 8.85 Å². The normalized spacial score (nSPS) is 13.5. The molecule has 0 aromatic carbocycles. The second-order valence-corrected chi connectivity index (χ2v) is 6.24. The van der Waals surface area contributed by atoms with Crippen molar-refractivity contribution in [3.05, 3.63) is 0 Å². The highest BCUT2D eigenvalue weighted by Gasteiger charge is 2.36. The van der Waals surface area contributed by atoms with Crippen LogP contribution in [0.3, 0.4) is 0 Å². The molecular weight excluding hydrogens is 189 g/mol. The molecule has 0 N–H and O–H groups in total. The summed E-state index contributed by atoms with van der Waals surface area (Å²) in [7, 11) is 0.235. The van der Waals surface area contributed by atoms with Crippen molar-refractivity contribution in [2.45, 2.75) is 25.2 Å². The highest BCUT2D eigenvalue weighted by Crippen LogP contribution is 2.26. The predicted octanol–water partition coefficient (Wildman–Crippen LogP) is 2.30. The van der Waals surface area contributed by atoms with Gasteiger partial charge in [0.05, 0.1) is 0 Å². The van der Waals surface area contributed by atoms with E-state index < -0.39 is 21.2 Å². The Hall–Kier alpha value is -0.0731. The first-order valence-corrected chi connectivity index (χ1v) is 6.02. The van der Waals surface area contributed by atoms with Gasteiger partial charge in [-0.1, -0.05) is 0 Å².